The molecule has 3 aromatic rings. The molecule has 0 amide bonds. The fourth-order valence-corrected chi connectivity index (χ4v) is 3.50. The monoisotopic (exact) mass is 376 g/mol. The van der Waals surface area contributed by atoms with Gasteiger partial charge in [0.05, 0.1) is 11.6 Å². The van der Waals surface area contributed by atoms with Crippen LogP contribution in [0.1, 0.15) is 35.5 Å². The lowest BCUT2D eigenvalue weighted by atomic mass is 9.94. The van der Waals surface area contributed by atoms with Crippen LogP contribution in [0.15, 0.2) is 58.8 Å². The molecule has 6 heteroatoms. The minimum Gasteiger partial charge on any atom is -0.351 e. The van der Waals surface area contributed by atoms with Gasteiger partial charge in [0.15, 0.2) is 5.11 Å². The van der Waals surface area contributed by atoms with Crippen LogP contribution in [0, 0.1) is 13.8 Å². The minimum atomic E-state index is -0.148. The Hall–Kier alpha value is -2.99. The van der Waals surface area contributed by atoms with Crippen LogP contribution in [-0.2, 0) is 0 Å². The number of aryl methyl sites for hydroxylation is 2. The lowest BCUT2D eigenvalue weighted by Gasteiger charge is -2.29. The summed E-state index contributed by atoms with van der Waals surface area (Å²) in [4.78, 5) is 4.65. The van der Waals surface area contributed by atoms with Gasteiger partial charge in [-0.2, -0.15) is 4.98 Å². The van der Waals surface area contributed by atoms with Crippen molar-refractivity contribution in [2.24, 2.45) is 0 Å². The van der Waals surface area contributed by atoms with Crippen molar-refractivity contribution in [3.63, 3.8) is 0 Å². The molecule has 1 aromatic heterocycles. The van der Waals surface area contributed by atoms with Gasteiger partial charge in [0.1, 0.15) is 0 Å². The number of aromatic nitrogens is 2. The van der Waals surface area contributed by atoms with Crippen molar-refractivity contribution in [2.45, 2.75) is 26.8 Å². The maximum atomic E-state index is 5.63. The summed E-state index contributed by atoms with van der Waals surface area (Å²) in [6, 6.07) is 16.2. The molecule has 4 rings (SSSR count). The van der Waals surface area contributed by atoms with Crippen LogP contribution < -0.4 is 10.6 Å². The van der Waals surface area contributed by atoms with Crippen LogP contribution in [0.2, 0.25) is 0 Å². The Labute approximate surface area is 163 Å². The van der Waals surface area contributed by atoms with Crippen molar-refractivity contribution >= 4 is 22.9 Å². The van der Waals surface area contributed by atoms with E-state index in [-0.39, 0.29) is 6.04 Å². The van der Waals surface area contributed by atoms with E-state index in [1.54, 1.807) is 0 Å². The molecule has 0 radical (unpaired) electrons. The predicted molar refractivity (Wildman–Crippen MR) is 110 cm³/mol. The van der Waals surface area contributed by atoms with Gasteiger partial charge in [-0.25, -0.2) is 0 Å². The molecule has 1 unspecified atom stereocenters. The van der Waals surface area contributed by atoms with Gasteiger partial charge >= 0.3 is 0 Å². The summed E-state index contributed by atoms with van der Waals surface area (Å²) in [7, 11) is 0. The van der Waals surface area contributed by atoms with E-state index in [0.29, 0.717) is 16.8 Å². The number of nitrogens with zero attached hydrogens (tertiary/aromatic N) is 2. The van der Waals surface area contributed by atoms with Crippen molar-refractivity contribution in [1.82, 2.24) is 20.8 Å². The van der Waals surface area contributed by atoms with E-state index in [9.17, 15) is 0 Å². The molecule has 136 valence electrons. The maximum absolute atomic E-state index is 5.63. The van der Waals surface area contributed by atoms with Crippen LogP contribution in [0.3, 0.4) is 0 Å². The fraction of sp³-hybridized carbons (Fsp3) is 0.190. The zero-order chi connectivity index (χ0) is 19.0. The topological polar surface area (TPSA) is 63.0 Å². The first-order valence-corrected chi connectivity index (χ1v) is 9.18. The second-order valence-electron chi connectivity index (χ2n) is 6.77. The Morgan fingerprint density at radius 1 is 1.00 bits per heavy atom. The van der Waals surface area contributed by atoms with E-state index in [1.165, 1.54) is 11.1 Å². The highest BCUT2D eigenvalue weighted by Crippen LogP contribution is 2.34. The predicted octanol–water partition coefficient (Wildman–Crippen LogP) is 4.30. The molecule has 2 aromatic carbocycles. The average Bonchev–Trinajstić information content (AvgIpc) is 3.11. The lowest BCUT2D eigenvalue weighted by Crippen LogP contribution is -2.42. The number of hydrogen-bond donors (Lipinski definition) is 2. The Balaban J connectivity index is 1.76. The third-order valence-corrected chi connectivity index (χ3v) is 4.83. The van der Waals surface area contributed by atoms with Crippen LogP contribution in [-0.4, -0.2) is 15.3 Å². The molecule has 0 aliphatic carbocycles. The smallest absolute Gasteiger partial charge is 0.258 e. The van der Waals surface area contributed by atoms with Crippen molar-refractivity contribution < 1.29 is 4.52 Å². The van der Waals surface area contributed by atoms with Crippen molar-refractivity contribution in [1.29, 1.82) is 0 Å². The quantitative estimate of drug-likeness (QED) is 0.665. The van der Waals surface area contributed by atoms with E-state index in [0.717, 1.165) is 22.4 Å². The molecule has 0 fully saturated rings. The van der Waals surface area contributed by atoms with Gasteiger partial charge in [-0.15, -0.1) is 0 Å². The molecule has 5 nitrogen and oxygen atoms in total. The van der Waals surface area contributed by atoms with Gasteiger partial charge in [-0.3, -0.25) is 0 Å². The SMILES string of the molecule is CC1=C(c2nc(-c3ccc(C)cc3)no2)C(c2cccc(C)c2)NC(=S)N1. The summed E-state index contributed by atoms with van der Waals surface area (Å²) < 4.78 is 5.63. The molecule has 1 atom stereocenters. The second kappa shape index (κ2) is 6.96. The third kappa shape index (κ3) is 3.48. The van der Waals surface area contributed by atoms with Crippen molar-refractivity contribution in [2.75, 3.05) is 0 Å². The molecule has 0 saturated heterocycles. The second-order valence-corrected chi connectivity index (χ2v) is 7.18. The summed E-state index contributed by atoms with van der Waals surface area (Å²) in [5.41, 5.74) is 6.21. The molecular weight excluding hydrogens is 356 g/mol. The normalized spacial score (nSPS) is 16.9. The first-order chi connectivity index (χ1) is 13.0. The number of benzene rings is 2. The Bertz CT molecular complexity index is 1040. The van der Waals surface area contributed by atoms with E-state index < -0.39 is 0 Å². The summed E-state index contributed by atoms with van der Waals surface area (Å²) in [5.74, 6) is 1.05. The highest BCUT2D eigenvalue weighted by Gasteiger charge is 2.30. The first-order valence-electron chi connectivity index (χ1n) is 8.77. The highest BCUT2D eigenvalue weighted by molar-refractivity contribution is 7.80. The van der Waals surface area contributed by atoms with E-state index in [4.69, 9.17) is 16.7 Å². The summed E-state index contributed by atoms with van der Waals surface area (Å²) >= 11 is 5.37. The number of nitrogens with one attached hydrogen (secondary N) is 2. The van der Waals surface area contributed by atoms with Gasteiger partial charge in [0.25, 0.3) is 5.89 Å². The summed E-state index contributed by atoms with van der Waals surface area (Å²) in [6.07, 6.45) is 0. The van der Waals surface area contributed by atoms with Crippen molar-refractivity contribution in [3.8, 4) is 11.4 Å². The number of thiocarbonyl (C=S) groups is 1. The van der Waals surface area contributed by atoms with Gasteiger partial charge < -0.3 is 15.2 Å². The van der Waals surface area contributed by atoms with Crippen LogP contribution in [0.5, 0.6) is 0 Å². The molecular formula is C21H20N4OS. The standard InChI is InChI=1S/C21H20N4OS/c1-12-7-9-15(10-8-12)19-24-20(26-25-19)17-14(3)22-21(27)23-18(17)16-6-4-5-13(2)11-16/h4-11,18H,1-3H3,(H2,22,23,27). The molecule has 2 N–H and O–H groups in total. The van der Waals surface area contributed by atoms with E-state index in [2.05, 4.69) is 45.9 Å². The third-order valence-electron chi connectivity index (χ3n) is 4.61. The molecule has 1 aliphatic heterocycles. The van der Waals surface area contributed by atoms with Crippen LogP contribution in [0.25, 0.3) is 17.0 Å². The van der Waals surface area contributed by atoms with Gasteiger partial charge in [0.2, 0.25) is 5.82 Å². The average molecular weight is 376 g/mol. The largest absolute Gasteiger partial charge is 0.351 e. The molecule has 0 bridgehead atoms. The van der Waals surface area contributed by atoms with Crippen LogP contribution in [0.4, 0.5) is 0 Å². The van der Waals surface area contributed by atoms with E-state index in [1.807, 2.05) is 44.2 Å². The number of allylic oxidation sites excluding steroid dienone is 1. The fourth-order valence-electron chi connectivity index (χ4n) is 3.23. The van der Waals surface area contributed by atoms with Crippen LogP contribution >= 0.6 is 12.2 Å². The lowest BCUT2D eigenvalue weighted by molar-refractivity contribution is 0.403. The molecule has 0 saturated carbocycles. The van der Waals surface area contributed by atoms with Gasteiger partial charge in [-0.05, 0) is 38.6 Å². The number of rotatable bonds is 3. The maximum Gasteiger partial charge on any atom is 0.258 e. The van der Waals surface area contributed by atoms with Gasteiger partial charge in [0, 0.05) is 11.3 Å². The van der Waals surface area contributed by atoms with E-state index >= 15 is 0 Å². The summed E-state index contributed by atoms with van der Waals surface area (Å²) in [5, 5.41) is 11.3. The molecule has 0 spiro atoms. The Morgan fingerprint density at radius 2 is 1.78 bits per heavy atom. The zero-order valence-corrected chi connectivity index (χ0v) is 16.2. The minimum absolute atomic E-state index is 0.148. The summed E-state index contributed by atoms with van der Waals surface area (Å²) in [6.45, 7) is 6.09. The molecule has 1 aliphatic rings. The first kappa shape index (κ1) is 17.4. The molecule has 2 heterocycles. The highest BCUT2D eigenvalue weighted by atomic mass is 32.1. The van der Waals surface area contributed by atoms with Crippen molar-refractivity contribution in [3.05, 3.63) is 76.8 Å². The zero-order valence-electron chi connectivity index (χ0n) is 15.4. The molecule has 27 heavy (non-hydrogen) atoms. The Kier molecular flexibility index (Phi) is 4.49. The number of hydrogen-bond acceptors (Lipinski definition) is 4. The van der Waals surface area contributed by atoms with Gasteiger partial charge in [-0.1, -0.05) is 64.8 Å². The Morgan fingerprint density at radius 3 is 2.52 bits per heavy atom.